The van der Waals surface area contributed by atoms with E-state index in [1.807, 2.05) is 91.0 Å². The summed E-state index contributed by atoms with van der Waals surface area (Å²) in [6, 6.07) is 31.6. The summed E-state index contributed by atoms with van der Waals surface area (Å²) in [7, 11) is 0. The number of fused-ring (bicyclic) bond motifs is 1. The van der Waals surface area contributed by atoms with E-state index in [1.165, 1.54) is 0 Å². The summed E-state index contributed by atoms with van der Waals surface area (Å²) in [5, 5.41) is 3.92. The molecule has 1 amide bonds. The number of amides is 1. The highest BCUT2D eigenvalue weighted by Gasteiger charge is 2.18. The Balaban J connectivity index is 1.49. The topological polar surface area (TPSA) is 51.2 Å². The van der Waals surface area contributed by atoms with Crippen LogP contribution in [0.3, 0.4) is 0 Å². The van der Waals surface area contributed by atoms with Crippen molar-refractivity contribution in [3.05, 3.63) is 114 Å². The van der Waals surface area contributed by atoms with Gasteiger partial charge in [0, 0.05) is 24.0 Å². The predicted octanol–water partition coefficient (Wildman–Crippen LogP) is 5.45. The smallest absolute Gasteiger partial charge is 0.408 e. The van der Waals surface area contributed by atoms with E-state index in [2.05, 4.69) is 11.4 Å². The summed E-state index contributed by atoms with van der Waals surface area (Å²) in [5.41, 5.74) is 3.79. The number of rotatable bonds is 6. The van der Waals surface area contributed by atoms with E-state index in [1.54, 1.807) is 0 Å². The van der Waals surface area contributed by atoms with Crippen molar-refractivity contribution in [1.29, 1.82) is 0 Å². The fourth-order valence-corrected chi connectivity index (χ4v) is 3.25. The van der Waals surface area contributed by atoms with Crippen LogP contribution in [0, 0.1) is 0 Å². The minimum atomic E-state index is -0.441. The Morgan fingerprint density at radius 1 is 0.828 bits per heavy atom. The molecule has 3 aromatic carbocycles. The van der Waals surface area contributed by atoms with Gasteiger partial charge in [-0.2, -0.15) is 0 Å². The number of pyridine rings is 1. The average molecular weight is 382 g/mol. The highest BCUT2D eigenvalue weighted by molar-refractivity contribution is 5.78. The van der Waals surface area contributed by atoms with Crippen molar-refractivity contribution in [2.24, 2.45) is 0 Å². The number of hydrogen-bond donors (Lipinski definition) is 1. The lowest BCUT2D eigenvalue weighted by molar-refractivity contribution is 0.0965. The molecule has 0 aliphatic heterocycles. The number of carbonyl (C=O) groups excluding carboxylic acids is 1. The van der Waals surface area contributed by atoms with Gasteiger partial charge in [0.05, 0.1) is 5.52 Å². The third-order valence-corrected chi connectivity index (χ3v) is 4.75. The summed E-state index contributed by atoms with van der Waals surface area (Å²) in [6.45, 7) is 0.426. The van der Waals surface area contributed by atoms with Gasteiger partial charge in [-0.3, -0.25) is 4.98 Å². The third-order valence-electron chi connectivity index (χ3n) is 4.75. The van der Waals surface area contributed by atoms with Crippen molar-refractivity contribution < 1.29 is 9.53 Å². The Morgan fingerprint density at radius 2 is 1.52 bits per heavy atom. The van der Waals surface area contributed by atoms with E-state index in [9.17, 15) is 4.79 Å². The van der Waals surface area contributed by atoms with Crippen molar-refractivity contribution >= 4 is 17.0 Å². The number of nitrogens with one attached hydrogen (secondary N) is 1. The molecule has 0 aliphatic rings. The van der Waals surface area contributed by atoms with Crippen molar-refractivity contribution in [2.75, 3.05) is 0 Å². The van der Waals surface area contributed by atoms with Gasteiger partial charge in [-0.15, -0.1) is 0 Å². The first-order valence-corrected chi connectivity index (χ1v) is 9.66. The summed E-state index contributed by atoms with van der Waals surface area (Å²) < 4.78 is 5.78. The molecule has 29 heavy (non-hydrogen) atoms. The summed E-state index contributed by atoms with van der Waals surface area (Å²) in [6.07, 6.45) is -0.350. The zero-order valence-electron chi connectivity index (χ0n) is 16.0. The summed E-state index contributed by atoms with van der Waals surface area (Å²) in [4.78, 5) is 17.2. The highest BCUT2D eigenvalue weighted by Crippen LogP contribution is 2.23. The maximum absolute atomic E-state index is 12.4. The summed E-state index contributed by atoms with van der Waals surface area (Å²) >= 11 is 0. The van der Waals surface area contributed by atoms with Crippen molar-refractivity contribution in [1.82, 2.24) is 10.3 Å². The third kappa shape index (κ3) is 4.99. The van der Waals surface area contributed by atoms with E-state index < -0.39 is 12.2 Å². The van der Waals surface area contributed by atoms with Crippen molar-refractivity contribution in [3.8, 4) is 0 Å². The second-order valence-electron chi connectivity index (χ2n) is 6.84. The van der Waals surface area contributed by atoms with Gasteiger partial charge in [0.15, 0.2) is 0 Å². The Morgan fingerprint density at radius 3 is 2.31 bits per heavy atom. The Kier molecular flexibility index (Phi) is 5.81. The lowest BCUT2D eigenvalue weighted by Gasteiger charge is -2.19. The molecule has 0 saturated heterocycles. The maximum atomic E-state index is 12.4. The average Bonchev–Trinajstić information content (AvgIpc) is 2.78. The molecule has 1 atom stereocenters. The molecule has 0 aliphatic carbocycles. The monoisotopic (exact) mass is 382 g/mol. The first-order valence-electron chi connectivity index (χ1n) is 9.66. The van der Waals surface area contributed by atoms with Crippen molar-refractivity contribution in [2.45, 2.75) is 19.1 Å². The number of ether oxygens (including phenoxy) is 1. The van der Waals surface area contributed by atoms with E-state index in [-0.39, 0.29) is 0 Å². The van der Waals surface area contributed by atoms with E-state index in [0.717, 1.165) is 27.7 Å². The van der Waals surface area contributed by atoms with Gasteiger partial charge in [-0.1, -0.05) is 84.9 Å². The molecular formula is C25H22N2O2. The van der Waals surface area contributed by atoms with E-state index in [0.29, 0.717) is 13.0 Å². The van der Waals surface area contributed by atoms with Crippen LogP contribution in [0.5, 0.6) is 0 Å². The van der Waals surface area contributed by atoms with Gasteiger partial charge in [-0.25, -0.2) is 4.79 Å². The Labute approximate surface area is 170 Å². The van der Waals surface area contributed by atoms with Gasteiger partial charge in [0.2, 0.25) is 0 Å². The molecule has 4 aromatic rings. The van der Waals surface area contributed by atoms with Crippen molar-refractivity contribution in [3.63, 3.8) is 0 Å². The SMILES string of the molecule is O=C(NCc1ccccc1)O[C@H](Cc1ccc2ccccc2n1)c1ccccc1. The number of benzene rings is 3. The van der Waals surface area contributed by atoms with Crippen LogP contribution < -0.4 is 5.32 Å². The number of hydrogen-bond acceptors (Lipinski definition) is 3. The standard InChI is InChI=1S/C25H22N2O2/c28-25(26-18-19-9-3-1-4-10-19)29-24(21-12-5-2-6-13-21)17-22-16-15-20-11-7-8-14-23(20)27-22/h1-16,24H,17-18H2,(H,26,28)/t24-/m1/s1. The molecule has 0 unspecified atom stereocenters. The lowest BCUT2D eigenvalue weighted by Crippen LogP contribution is -2.26. The molecule has 0 radical (unpaired) electrons. The largest absolute Gasteiger partial charge is 0.441 e. The molecule has 4 heteroatoms. The van der Waals surface area contributed by atoms with Crippen LogP contribution in [0.1, 0.15) is 22.9 Å². The second kappa shape index (κ2) is 9.02. The Bertz CT molecular complexity index is 1080. The predicted molar refractivity (Wildman–Crippen MR) is 114 cm³/mol. The molecule has 1 aromatic heterocycles. The molecule has 0 bridgehead atoms. The molecule has 1 N–H and O–H groups in total. The quantitative estimate of drug-likeness (QED) is 0.483. The van der Waals surface area contributed by atoms with Gasteiger partial charge >= 0.3 is 6.09 Å². The normalized spacial score (nSPS) is 11.7. The first-order chi connectivity index (χ1) is 14.3. The molecule has 1 heterocycles. The number of aromatic nitrogens is 1. The summed E-state index contributed by atoms with van der Waals surface area (Å²) in [5.74, 6) is 0. The molecule has 0 spiro atoms. The zero-order valence-corrected chi connectivity index (χ0v) is 16.0. The first kappa shape index (κ1) is 18.7. The van der Waals surface area contributed by atoms with E-state index in [4.69, 9.17) is 9.72 Å². The van der Waals surface area contributed by atoms with Crippen LogP contribution >= 0.6 is 0 Å². The highest BCUT2D eigenvalue weighted by atomic mass is 16.6. The van der Waals surface area contributed by atoms with Crippen LogP contribution in [-0.2, 0) is 17.7 Å². The van der Waals surface area contributed by atoms with Gasteiger partial charge in [0.1, 0.15) is 6.10 Å². The molecule has 4 nitrogen and oxygen atoms in total. The van der Waals surface area contributed by atoms with Gasteiger partial charge in [0.25, 0.3) is 0 Å². The fraction of sp³-hybridized carbons (Fsp3) is 0.120. The van der Waals surface area contributed by atoms with Crippen LogP contribution in [0.15, 0.2) is 97.1 Å². The Hall–Kier alpha value is -3.66. The van der Waals surface area contributed by atoms with Crippen LogP contribution in [0.25, 0.3) is 10.9 Å². The number of nitrogens with zero attached hydrogens (tertiary/aromatic N) is 1. The molecule has 144 valence electrons. The van der Waals surface area contributed by atoms with E-state index >= 15 is 0 Å². The molecule has 0 saturated carbocycles. The zero-order chi connectivity index (χ0) is 19.9. The van der Waals surface area contributed by atoms with Gasteiger partial charge in [-0.05, 0) is 23.3 Å². The minimum absolute atomic E-state index is 0.416. The lowest BCUT2D eigenvalue weighted by atomic mass is 10.0. The molecule has 0 fully saturated rings. The van der Waals surface area contributed by atoms with Gasteiger partial charge < -0.3 is 10.1 Å². The number of carbonyl (C=O) groups is 1. The van der Waals surface area contributed by atoms with Crippen LogP contribution in [0.2, 0.25) is 0 Å². The minimum Gasteiger partial charge on any atom is -0.441 e. The van der Waals surface area contributed by atoms with Crippen LogP contribution in [-0.4, -0.2) is 11.1 Å². The second-order valence-corrected chi connectivity index (χ2v) is 6.84. The number of alkyl carbamates (subject to hydrolysis) is 1. The maximum Gasteiger partial charge on any atom is 0.408 e. The molecular weight excluding hydrogens is 360 g/mol. The fourth-order valence-electron chi connectivity index (χ4n) is 3.25. The number of para-hydroxylation sites is 1. The van der Waals surface area contributed by atoms with Crippen LogP contribution in [0.4, 0.5) is 4.79 Å². The molecule has 4 rings (SSSR count).